The van der Waals surface area contributed by atoms with Crippen molar-refractivity contribution in [3.63, 3.8) is 0 Å². The monoisotopic (exact) mass is 279 g/mol. The van der Waals surface area contributed by atoms with Gasteiger partial charge in [0.15, 0.2) is 0 Å². The molecule has 1 aromatic rings. The highest BCUT2D eigenvalue weighted by Gasteiger charge is 2.24. The van der Waals surface area contributed by atoms with Crippen molar-refractivity contribution in [1.82, 2.24) is 4.90 Å². The molecule has 0 aliphatic carbocycles. The molecule has 20 heavy (non-hydrogen) atoms. The molecular formula is C15H21NO4. The van der Waals surface area contributed by atoms with Gasteiger partial charge in [0.2, 0.25) is 0 Å². The van der Waals surface area contributed by atoms with E-state index in [0.717, 1.165) is 0 Å². The van der Waals surface area contributed by atoms with Gasteiger partial charge in [0.25, 0.3) is 0 Å². The third kappa shape index (κ3) is 3.73. The number of nitrogens with zero attached hydrogens (tertiary/aromatic N) is 1. The van der Waals surface area contributed by atoms with Crippen molar-refractivity contribution in [3.05, 3.63) is 29.8 Å². The maximum Gasteiger partial charge on any atom is 0.415 e. The molecule has 5 nitrogen and oxygen atoms in total. The molecule has 0 spiro atoms. The third-order valence-corrected chi connectivity index (χ3v) is 2.81. The second-order valence-corrected chi connectivity index (χ2v) is 4.95. The molecule has 0 fully saturated rings. The lowest BCUT2D eigenvalue weighted by Gasteiger charge is -2.29. The SMILES string of the molecule is COC(=O)c1ccccc1OC(=O)N(C(C)C)C(C)C. The van der Waals surface area contributed by atoms with E-state index in [-0.39, 0.29) is 23.4 Å². The molecule has 0 aliphatic heterocycles. The minimum Gasteiger partial charge on any atom is -0.465 e. The van der Waals surface area contributed by atoms with Crippen molar-refractivity contribution >= 4 is 12.1 Å². The standard InChI is InChI=1S/C15H21NO4/c1-10(2)16(11(3)4)15(18)20-13-9-7-6-8-12(13)14(17)19-5/h6-11H,1-5H3. The average Bonchev–Trinajstić information content (AvgIpc) is 2.37. The summed E-state index contributed by atoms with van der Waals surface area (Å²) in [5.74, 6) is -0.329. The minimum absolute atomic E-state index is 0.00721. The van der Waals surface area contributed by atoms with Gasteiger partial charge in [-0.3, -0.25) is 0 Å². The molecule has 0 bridgehead atoms. The average molecular weight is 279 g/mol. The first kappa shape index (κ1) is 16.0. The Balaban J connectivity index is 2.98. The summed E-state index contributed by atoms with van der Waals surface area (Å²) in [6, 6.07) is 6.53. The van der Waals surface area contributed by atoms with Gasteiger partial charge in [0, 0.05) is 12.1 Å². The Kier molecular flexibility index (Phi) is 5.55. The predicted molar refractivity (Wildman–Crippen MR) is 75.9 cm³/mol. The van der Waals surface area contributed by atoms with Gasteiger partial charge in [-0.25, -0.2) is 9.59 Å². The maximum atomic E-state index is 12.2. The van der Waals surface area contributed by atoms with Crippen LogP contribution in [0.15, 0.2) is 24.3 Å². The molecule has 5 heteroatoms. The molecule has 0 heterocycles. The van der Waals surface area contributed by atoms with E-state index in [1.807, 2.05) is 27.7 Å². The number of carbonyl (C=O) groups is 2. The Morgan fingerprint density at radius 1 is 1.05 bits per heavy atom. The zero-order valence-corrected chi connectivity index (χ0v) is 12.5. The minimum atomic E-state index is -0.533. The lowest BCUT2D eigenvalue weighted by Crippen LogP contribution is -2.43. The number of hydrogen-bond acceptors (Lipinski definition) is 4. The van der Waals surface area contributed by atoms with Gasteiger partial charge in [0.05, 0.1) is 7.11 Å². The molecule has 0 aromatic heterocycles. The highest BCUT2D eigenvalue weighted by Crippen LogP contribution is 2.20. The van der Waals surface area contributed by atoms with Gasteiger partial charge in [0.1, 0.15) is 11.3 Å². The summed E-state index contributed by atoms with van der Waals surface area (Å²) in [6.07, 6.45) is -0.480. The van der Waals surface area contributed by atoms with E-state index < -0.39 is 12.1 Å². The number of para-hydroxylation sites is 1. The molecule has 1 aromatic carbocycles. The number of carbonyl (C=O) groups excluding carboxylic acids is 2. The van der Waals surface area contributed by atoms with E-state index in [2.05, 4.69) is 4.74 Å². The molecule has 0 aliphatic rings. The third-order valence-electron chi connectivity index (χ3n) is 2.81. The summed E-state index contributed by atoms with van der Waals surface area (Å²) in [5, 5.41) is 0. The topological polar surface area (TPSA) is 55.8 Å². The van der Waals surface area contributed by atoms with Crippen LogP contribution in [-0.2, 0) is 4.74 Å². The first-order valence-electron chi connectivity index (χ1n) is 6.56. The number of methoxy groups -OCH3 is 1. The van der Waals surface area contributed by atoms with Crippen molar-refractivity contribution in [3.8, 4) is 5.75 Å². The molecular weight excluding hydrogens is 258 g/mol. The molecule has 0 unspecified atom stereocenters. The number of amides is 1. The molecule has 0 atom stereocenters. The van der Waals surface area contributed by atoms with Crippen LogP contribution in [0.3, 0.4) is 0 Å². The molecule has 1 rings (SSSR count). The first-order valence-corrected chi connectivity index (χ1v) is 6.56. The van der Waals surface area contributed by atoms with Crippen LogP contribution in [-0.4, -0.2) is 36.2 Å². The zero-order chi connectivity index (χ0) is 15.3. The van der Waals surface area contributed by atoms with Crippen LogP contribution in [0.25, 0.3) is 0 Å². The van der Waals surface area contributed by atoms with Gasteiger partial charge in [-0.1, -0.05) is 12.1 Å². The second kappa shape index (κ2) is 6.93. The number of rotatable bonds is 4. The lowest BCUT2D eigenvalue weighted by molar-refractivity contribution is 0.0596. The number of ether oxygens (including phenoxy) is 2. The highest BCUT2D eigenvalue weighted by molar-refractivity contribution is 5.93. The largest absolute Gasteiger partial charge is 0.465 e. The van der Waals surface area contributed by atoms with Crippen molar-refractivity contribution in [1.29, 1.82) is 0 Å². The van der Waals surface area contributed by atoms with Crippen LogP contribution < -0.4 is 4.74 Å². The van der Waals surface area contributed by atoms with E-state index >= 15 is 0 Å². The molecule has 0 N–H and O–H groups in total. The predicted octanol–water partition coefficient (Wildman–Crippen LogP) is 3.09. The number of esters is 1. The first-order chi connectivity index (χ1) is 9.38. The summed E-state index contributed by atoms with van der Waals surface area (Å²) in [5.41, 5.74) is 0.232. The van der Waals surface area contributed by atoms with Gasteiger partial charge in [-0.2, -0.15) is 0 Å². The van der Waals surface area contributed by atoms with Crippen molar-refractivity contribution in [2.24, 2.45) is 0 Å². The fraction of sp³-hybridized carbons (Fsp3) is 0.467. The van der Waals surface area contributed by atoms with Crippen LogP contribution in [0.1, 0.15) is 38.1 Å². The van der Waals surface area contributed by atoms with E-state index in [0.29, 0.717) is 0 Å². The summed E-state index contributed by atoms with van der Waals surface area (Å²) in [7, 11) is 1.29. The number of benzene rings is 1. The second-order valence-electron chi connectivity index (χ2n) is 4.95. The Labute approximate surface area is 119 Å². The van der Waals surface area contributed by atoms with Gasteiger partial charge in [-0.05, 0) is 39.8 Å². The fourth-order valence-electron chi connectivity index (χ4n) is 2.00. The van der Waals surface area contributed by atoms with Gasteiger partial charge < -0.3 is 14.4 Å². The van der Waals surface area contributed by atoms with Crippen LogP contribution in [0.5, 0.6) is 5.75 Å². The lowest BCUT2D eigenvalue weighted by atomic mass is 10.2. The van der Waals surface area contributed by atoms with Crippen molar-refractivity contribution < 1.29 is 19.1 Å². The Hall–Kier alpha value is -2.04. The summed E-state index contributed by atoms with van der Waals surface area (Å²) >= 11 is 0. The van der Waals surface area contributed by atoms with Crippen LogP contribution in [0.2, 0.25) is 0 Å². The summed E-state index contributed by atoms with van der Waals surface area (Å²) < 4.78 is 10.0. The smallest absolute Gasteiger partial charge is 0.415 e. The van der Waals surface area contributed by atoms with Crippen LogP contribution in [0, 0.1) is 0 Å². The van der Waals surface area contributed by atoms with E-state index in [9.17, 15) is 9.59 Å². The molecule has 1 amide bonds. The Bertz CT molecular complexity index is 475. The van der Waals surface area contributed by atoms with E-state index in [1.165, 1.54) is 7.11 Å². The zero-order valence-electron chi connectivity index (χ0n) is 12.5. The fourth-order valence-corrected chi connectivity index (χ4v) is 2.00. The van der Waals surface area contributed by atoms with Crippen molar-refractivity contribution in [2.45, 2.75) is 39.8 Å². The van der Waals surface area contributed by atoms with E-state index in [1.54, 1.807) is 29.2 Å². The van der Waals surface area contributed by atoms with Crippen LogP contribution >= 0.6 is 0 Å². The van der Waals surface area contributed by atoms with E-state index in [4.69, 9.17) is 4.74 Å². The molecule has 110 valence electrons. The maximum absolute atomic E-state index is 12.2. The normalized spacial score (nSPS) is 10.6. The number of hydrogen-bond donors (Lipinski definition) is 0. The summed E-state index contributed by atoms with van der Waals surface area (Å²) in [4.78, 5) is 25.4. The Morgan fingerprint density at radius 3 is 2.10 bits per heavy atom. The van der Waals surface area contributed by atoms with Crippen LogP contribution in [0.4, 0.5) is 4.79 Å². The van der Waals surface area contributed by atoms with Gasteiger partial charge in [-0.15, -0.1) is 0 Å². The Morgan fingerprint density at radius 2 is 1.60 bits per heavy atom. The quantitative estimate of drug-likeness (QED) is 0.795. The molecule has 0 radical (unpaired) electrons. The molecule has 0 saturated heterocycles. The van der Waals surface area contributed by atoms with Gasteiger partial charge >= 0.3 is 12.1 Å². The molecule has 0 saturated carbocycles. The highest BCUT2D eigenvalue weighted by atomic mass is 16.6. The van der Waals surface area contributed by atoms with Crippen molar-refractivity contribution in [2.75, 3.05) is 7.11 Å². The summed E-state index contributed by atoms with van der Waals surface area (Å²) in [6.45, 7) is 7.64.